The van der Waals surface area contributed by atoms with Crippen molar-refractivity contribution in [3.63, 3.8) is 0 Å². The third-order valence-corrected chi connectivity index (χ3v) is 6.95. The summed E-state index contributed by atoms with van der Waals surface area (Å²) in [6.45, 7) is 2.52. The fourth-order valence-electron chi connectivity index (χ4n) is 3.79. The van der Waals surface area contributed by atoms with Gasteiger partial charge in [-0.2, -0.15) is 0 Å². The minimum atomic E-state index is -2.82. The number of nitrogens with one attached hydrogen (secondary N) is 2. The fourth-order valence-corrected chi connectivity index (χ4v) is 5.65. The first-order valence-corrected chi connectivity index (χ1v) is 10.7. The quantitative estimate of drug-likeness (QED) is 0.613. The number of para-hydroxylation sites is 1. The Morgan fingerprint density at radius 2 is 1.96 bits per heavy atom. The van der Waals surface area contributed by atoms with E-state index >= 15 is 0 Å². The van der Waals surface area contributed by atoms with Gasteiger partial charge in [0.25, 0.3) is 0 Å². The van der Waals surface area contributed by atoms with Crippen LogP contribution in [0.3, 0.4) is 0 Å². The van der Waals surface area contributed by atoms with Gasteiger partial charge in [0.15, 0.2) is 15.8 Å². The minimum absolute atomic E-state index is 0.191. The van der Waals surface area contributed by atoms with Crippen LogP contribution in [0.2, 0.25) is 0 Å². The van der Waals surface area contributed by atoms with Crippen molar-refractivity contribution in [3.8, 4) is 0 Å². The minimum Gasteiger partial charge on any atom is -0.374 e. The van der Waals surface area contributed by atoms with Crippen LogP contribution in [0.25, 0.3) is 0 Å². The molecule has 2 aliphatic rings. The number of nitrogens with zero attached hydrogens (tertiary/aromatic N) is 2. The van der Waals surface area contributed by atoms with Crippen LogP contribution in [0.4, 0.5) is 5.69 Å². The highest BCUT2D eigenvalue weighted by molar-refractivity contribution is 7.91. The molecule has 0 aromatic heterocycles. The Hall–Kier alpha value is -1.76. The molecule has 0 spiro atoms. The first kappa shape index (κ1) is 18.0. The Balaban J connectivity index is 1.47. The van der Waals surface area contributed by atoms with E-state index in [1.54, 1.807) is 7.05 Å². The number of sulfone groups is 1. The second kappa shape index (κ2) is 7.64. The molecule has 0 amide bonds. The Kier molecular flexibility index (Phi) is 5.51. The van der Waals surface area contributed by atoms with Crippen molar-refractivity contribution < 1.29 is 8.42 Å². The molecule has 1 aromatic carbocycles. The molecule has 2 N–H and O–H groups in total. The number of rotatable bonds is 4. The standard InChI is InChI=1S/C18H28N4O2S/c1-19-18(20-10-14-7-8-25(23,24)13-14)21-11-15-9-16-5-3-4-6-17(16)22(2)12-15/h3-6,14-15H,7-13H2,1-2H3,(H2,19,20,21). The molecular weight excluding hydrogens is 336 g/mol. The Labute approximate surface area is 150 Å². The summed E-state index contributed by atoms with van der Waals surface area (Å²) in [6.07, 6.45) is 1.81. The summed E-state index contributed by atoms with van der Waals surface area (Å²) in [4.78, 5) is 6.57. The van der Waals surface area contributed by atoms with Gasteiger partial charge in [-0.05, 0) is 36.3 Å². The highest BCUT2D eigenvalue weighted by Gasteiger charge is 2.28. The number of fused-ring (bicyclic) bond motifs is 1. The lowest BCUT2D eigenvalue weighted by molar-refractivity contribution is 0.489. The first-order valence-electron chi connectivity index (χ1n) is 8.91. The van der Waals surface area contributed by atoms with E-state index in [9.17, 15) is 8.42 Å². The summed E-state index contributed by atoms with van der Waals surface area (Å²) >= 11 is 0. The topological polar surface area (TPSA) is 73.8 Å². The van der Waals surface area contributed by atoms with E-state index in [0.29, 0.717) is 24.0 Å². The average Bonchev–Trinajstić information content (AvgIpc) is 2.94. The van der Waals surface area contributed by atoms with E-state index in [1.165, 1.54) is 11.3 Å². The lowest BCUT2D eigenvalue weighted by Crippen LogP contribution is -2.45. The van der Waals surface area contributed by atoms with Gasteiger partial charge >= 0.3 is 0 Å². The third kappa shape index (κ3) is 4.66. The SMILES string of the molecule is CN=C(NCC1Cc2ccccc2N(C)C1)NCC1CCS(=O)(=O)C1. The van der Waals surface area contributed by atoms with Crippen molar-refractivity contribution in [1.29, 1.82) is 0 Å². The molecule has 1 aromatic rings. The molecular formula is C18H28N4O2S. The molecule has 1 fully saturated rings. The van der Waals surface area contributed by atoms with Crippen LogP contribution < -0.4 is 15.5 Å². The van der Waals surface area contributed by atoms with Gasteiger partial charge in [0, 0.05) is 39.4 Å². The molecule has 1 saturated heterocycles. The van der Waals surface area contributed by atoms with Gasteiger partial charge in [-0.1, -0.05) is 18.2 Å². The number of anilines is 1. The van der Waals surface area contributed by atoms with Crippen LogP contribution in [0.1, 0.15) is 12.0 Å². The molecule has 0 aliphatic carbocycles. The van der Waals surface area contributed by atoms with E-state index in [4.69, 9.17) is 0 Å². The van der Waals surface area contributed by atoms with Gasteiger partial charge in [0.05, 0.1) is 11.5 Å². The average molecular weight is 365 g/mol. The van der Waals surface area contributed by atoms with Crippen LogP contribution in [0, 0.1) is 11.8 Å². The van der Waals surface area contributed by atoms with Crippen molar-refractivity contribution in [2.45, 2.75) is 12.8 Å². The Morgan fingerprint density at radius 1 is 1.24 bits per heavy atom. The molecule has 0 bridgehead atoms. The number of guanidine groups is 1. The molecule has 0 radical (unpaired) electrons. The highest BCUT2D eigenvalue weighted by Crippen LogP contribution is 2.27. The second-order valence-corrected chi connectivity index (χ2v) is 9.41. The monoisotopic (exact) mass is 364 g/mol. The van der Waals surface area contributed by atoms with Crippen molar-refractivity contribution in [2.24, 2.45) is 16.8 Å². The Bertz CT molecular complexity index is 732. The number of hydrogen-bond donors (Lipinski definition) is 2. The summed E-state index contributed by atoms with van der Waals surface area (Å²) in [5.41, 5.74) is 2.71. The van der Waals surface area contributed by atoms with Gasteiger partial charge in [0.2, 0.25) is 0 Å². The molecule has 2 heterocycles. The lowest BCUT2D eigenvalue weighted by Gasteiger charge is -2.33. The molecule has 2 atom stereocenters. The molecule has 6 nitrogen and oxygen atoms in total. The fraction of sp³-hybridized carbons (Fsp3) is 0.611. The van der Waals surface area contributed by atoms with Crippen molar-refractivity contribution in [1.82, 2.24) is 10.6 Å². The van der Waals surface area contributed by atoms with Crippen LogP contribution in [-0.4, -0.2) is 59.6 Å². The van der Waals surface area contributed by atoms with Gasteiger partial charge < -0.3 is 15.5 Å². The summed E-state index contributed by atoms with van der Waals surface area (Å²) in [6, 6.07) is 8.56. The lowest BCUT2D eigenvalue weighted by atomic mass is 9.93. The molecule has 7 heteroatoms. The number of aliphatic imine (C=N–C) groups is 1. The Morgan fingerprint density at radius 3 is 2.64 bits per heavy atom. The van der Waals surface area contributed by atoms with Crippen LogP contribution in [-0.2, 0) is 16.3 Å². The molecule has 3 rings (SSSR count). The summed E-state index contributed by atoms with van der Waals surface area (Å²) in [5.74, 6) is 2.08. The van der Waals surface area contributed by atoms with Crippen LogP contribution >= 0.6 is 0 Å². The van der Waals surface area contributed by atoms with Crippen LogP contribution in [0.15, 0.2) is 29.3 Å². The van der Waals surface area contributed by atoms with E-state index in [1.807, 2.05) is 0 Å². The zero-order chi connectivity index (χ0) is 17.9. The highest BCUT2D eigenvalue weighted by atomic mass is 32.2. The molecule has 0 saturated carbocycles. The molecule has 25 heavy (non-hydrogen) atoms. The third-order valence-electron chi connectivity index (χ3n) is 5.11. The van der Waals surface area contributed by atoms with Crippen molar-refractivity contribution >= 4 is 21.5 Å². The largest absolute Gasteiger partial charge is 0.374 e. The number of benzene rings is 1. The van der Waals surface area contributed by atoms with E-state index in [0.717, 1.165) is 31.9 Å². The van der Waals surface area contributed by atoms with E-state index in [2.05, 4.69) is 51.8 Å². The maximum absolute atomic E-state index is 11.5. The van der Waals surface area contributed by atoms with Crippen molar-refractivity contribution in [3.05, 3.63) is 29.8 Å². The smallest absolute Gasteiger partial charge is 0.190 e. The zero-order valence-electron chi connectivity index (χ0n) is 15.0. The van der Waals surface area contributed by atoms with Gasteiger partial charge in [-0.25, -0.2) is 8.42 Å². The summed E-state index contributed by atoms with van der Waals surface area (Å²) in [7, 11) is 1.07. The molecule has 2 aliphatic heterocycles. The summed E-state index contributed by atoms with van der Waals surface area (Å²) < 4.78 is 23.1. The maximum atomic E-state index is 11.5. The van der Waals surface area contributed by atoms with E-state index in [-0.39, 0.29) is 5.92 Å². The first-order chi connectivity index (χ1) is 12.0. The van der Waals surface area contributed by atoms with Crippen LogP contribution in [0.5, 0.6) is 0 Å². The van der Waals surface area contributed by atoms with Crippen molar-refractivity contribution in [2.75, 3.05) is 50.1 Å². The predicted molar refractivity (Wildman–Crippen MR) is 103 cm³/mol. The second-order valence-electron chi connectivity index (χ2n) is 7.18. The summed E-state index contributed by atoms with van der Waals surface area (Å²) in [5, 5.41) is 6.68. The van der Waals surface area contributed by atoms with Gasteiger partial charge in [-0.3, -0.25) is 4.99 Å². The van der Waals surface area contributed by atoms with E-state index < -0.39 is 9.84 Å². The number of hydrogen-bond acceptors (Lipinski definition) is 4. The normalized spacial score (nSPS) is 25.5. The predicted octanol–water partition coefficient (Wildman–Crippen LogP) is 0.895. The zero-order valence-corrected chi connectivity index (χ0v) is 15.8. The maximum Gasteiger partial charge on any atom is 0.190 e. The van der Waals surface area contributed by atoms with Gasteiger partial charge in [0.1, 0.15) is 0 Å². The van der Waals surface area contributed by atoms with Gasteiger partial charge in [-0.15, -0.1) is 0 Å². The molecule has 2 unspecified atom stereocenters. The molecule has 138 valence electrons.